The van der Waals surface area contributed by atoms with Crippen molar-refractivity contribution in [3.63, 3.8) is 0 Å². The second-order valence-corrected chi connectivity index (χ2v) is 10.9. The number of hydrogen-bond acceptors (Lipinski definition) is 5. The summed E-state index contributed by atoms with van der Waals surface area (Å²) >= 11 is 0. The average molecular weight is 468 g/mol. The van der Waals surface area contributed by atoms with Crippen molar-refractivity contribution < 1.29 is 27.1 Å². The van der Waals surface area contributed by atoms with Crippen LogP contribution < -0.4 is 14.8 Å². The lowest BCUT2D eigenvalue weighted by atomic mass is 9.73. The van der Waals surface area contributed by atoms with Gasteiger partial charge in [-0.3, -0.25) is 10.1 Å². The summed E-state index contributed by atoms with van der Waals surface area (Å²) in [5, 5.41) is 2.22. The molecule has 1 aliphatic heterocycles. The maximum Gasteiger partial charge on any atom is 0.324 e. The van der Waals surface area contributed by atoms with Crippen LogP contribution in [0.5, 0.6) is 5.75 Å². The summed E-state index contributed by atoms with van der Waals surface area (Å²) in [6, 6.07) is 4.24. The fourth-order valence-electron chi connectivity index (χ4n) is 4.17. The highest BCUT2D eigenvalue weighted by atomic mass is 32.2. The molecule has 0 bridgehead atoms. The molecule has 32 heavy (non-hydrogen) atoms. The Kier molecular flexibility index (Phi) is 6.71. The van der Waals surface area contributed by atoms with E-state index in [4.69, 9.17) is 4.74 Å². The van der Waals surface area contributed by atoms with Crippen LogP contribution in [0.25, 0.3) is 0 Å². The maximum absolute atomic E-state index is 14.2. The van der Waals surface area contributed by atoms with E-state index in [2.05, 4.69) is 10.0 Å². The zero-order chi connectivity index (χ0) is 22.8. The molecule has 1 aromatic carbocycles. The van der Waals surface area contributed by atoms with Gasteiger partial charge in [0.1, 0.15) is 6.54 Å². The Morgan fingerprint density at radius 1 is 1.19 bits per heavy atom. The fourth-order valence-corrected chi connectivity index (χ4v) is 5.77. The Labute approximate surface area is 187 Å². The van der Waals surface area contributed by atoms with E-state index in [1.165, 1.54) is 11.0 Å². The van der Waals surface area contributed by atoms with Crippen LogP contribution in [0.4, 0.5) is 9.18 Å². The van der Waals surface area contributed by atoms with Gasteiger partial charge in [-0.2, -0.15) is 0 Å². The number of nitrogens with one attached hydrogen (secondary N) is 2. The van der Waals surface area contributed by atoms with Gasteiger partial charge in [0.05, 0.1) is 17.9 Å². The predicted octanol–water partition coefficient (Wildman–Crippen LogP) is 2.64. The third-order valence-corrected chi connectivity index (χ3v) is 7.95. The number of benzene rings is 1. The van der Waals surface area contributed by atoms with E-state index in [0.717, 1.165) is 24.8 Å². The first kappa shape index (κ1) is 23.0. The zero-order valence-corrected chi connectivity index (χ0v) is 18.9. The molecule has 10 heteroatoms. The monoisotopic (exact) mass is 467 g/mol. The van der Waals surface area contributed by atoms with E-state index in [-0.39, 0.29) is 24.0 Å². The van der Waals surface area contributed by atoms with Gasteiger partial charge in [-0.15, -0.1) is 0 Å². The number of hydrogen-bond donors (Lipinski definition) is 2. The smallest absolute Gasteiger partial charge is 0.324 e. The Hall–Kier alpha value is -2.20. The molecule has 176 valence electrons. The number of ether oxygens (including phenoxy) is 1. The lowest BCUT2D eigenvalue weighted by molar-refractivity contribution is -0.118. The molecule has 0 spiro atoms. The number of urea groups is 1. The Balaban J connectivity index is 1.29. The number of carbonyl (C=O) groups is 2. The van der Waals surface area contributed by atoms with Crippen LogP contribution in [0, 0.1) is 11.7 Å². The van der Waals surface area contributed by atoms with Crippen LogP contribution in [0.1, 0.15) is 56.9 Å². The van der Waals surface area contributed by atoms with E-state index < -0.39 is 27.4 Å². The minimum absolute atomic E-state index is 0.0217. The molecule has 0 unspecified atom stereocenters. The highest BCUT2D eigenvalue weighted by molar-refractivity contribution is 7.89. The van der Waals surface area contributed by atoms with Crippen molar-refractivity contribution in [2.24, 2.45) is 5.92 Å². The molecule has 0 atom stereocenters. The number of imide groups is 1. The second-order valence-electron chi connectivity index (χ2n) is 9.09. The fraction of sp³-hybridized carbons (Fsp3) is 0.636. The van der Waals surface area contributed by atoms with Crippen molar-refractivity contribution in [1.29, 1.82) is 0 Å². The Bertz CT molecular complexity index is 976. The van der Waals surface area contributed by atoms with Gasteiger partial charge >= 0.3 is 6.03 Å². The molecule has 3 amide bonds. The highest BCUT2D eigenvalue weighted by Gasteiger charge is 2.42. The molecule has 3 aliphatic rings. The van der Waals surface area contributed by atoms with Crippen molar-refractivity contribution in [3.05, 3.63) is 29.6 Å². The second kappa shape index (κ2) is 9.35. The first-order valence-electron chi connectivity index (χ1n) is 11.3. The normalized spacial score (nSPS) is 20.2. The van der Waals surface area contributed by atoms with Crippen LogP contribution in [0.3, 0.4) is 0 Å². The van der Waals surface area contributed by atoms with Gasteiger partial charge in [0.2, 0.25) is 15.9 Å². The quantitative estimate of drug-likeness (QED) is 0.363. The van der Waals surface area contributed by atoms with Crippen molar-refractivity contribution in [2.45, 2.75) is 56.9 Å². The lowest BCUT2D eigenvalue weighted by Gasteiger charge is -2.42. The molecule has 2 saturated carbocycles. The minimum atomic E-state index is -3.54. The maximum atomic E-state index is 14.2. The standard InChI is InChI=1S/C22H30FN3O5S/c23-18-8-7-17(13-19(18)31-15-16-5-6-16)22(9-4-10-22)25-32(29,30)12-3-1-2-11-26-14-20(27)24-21(26)28/h7-8,13,16,25H,1-6,9-12,14-15H2,(H,24,27,28). The topological polar surface area (TPSA) is 105 Å². The van der Waals surface area contributed by atoms with E-state index >= 15 is 0 Å². The summed E-state index contributed by atoms with van der Waals surface area (Å²) in [5.41, 5.74) is 0.0299. The molecular weight excluding hydrogens is 437 g/mol. The van der Waals surface area contributed by atoms with Crippen LogP contribution >= 0.6 is 0 Å². The number of nitrogens with zero attached hydrogens (tertiary/aromatic N) is 1. The average Bonchev–Trinajstić information content (AvgIpc) is 3.48. The van der Waals surface area contributed by atoms with Crippen LogP contribution in [0.15, 0.2) is 18.2 Å². The first-order valence-corrected chi connectivity index (χ1v) is 12.9. The predicted molar refractivity (Wildman–Crippen MR) is 116 cm³/mol. The van der Waals surface area contributed by atoms with Crippen molar-refractivity contribution in [1.82, 2.24) is 14.9 Å². The molecule has 4 rings (SSSR count). The van der Waals surface area contributed by atoms with Crippen LogP contribution in [0.2, 0.25) is 0 Å². The number of carbonyl (C=O) groups excluding carboxylic acids is 2. The summed E-state index contributed by atoms with van der Waals surface area (Å²) in [6.45, 7) is 0.978. The number of amides is 3. The van der Waals surface area contributed by atoms with E-state index in [0.29, 0.717) is 51.2 Å². The molecule has 1 aromatic rings. The molecule has 1 saturated heterocycles. The molecule has 2 aliphatic carbocycles. The third kappa shape index (κ3) is 5.58. The Morgan fingerprint density at radius 3 is 2.59 bits per heavy atom. The minimum Gasteiger partial charge on any atom is -0.490 e. The number of sulfonamides is 1. The molecule has 3 fully saturated rings. The van der Waals surface area contributed by atoms with E-state index in [1.54, 1.807) is 12.1 Å². The van der Waals surface area contributed by atoms with Crippen LogP contribution in [-0.2, 0) is 20.4 Å². The Morgan fingerprint density at radius 2 is 1.97 bits per heavy atom. The number of rotatable bonds is 12. The van der Waals surface area contributed by atoms with Crippen LogP contribution in [-0.4, -0.2) is 50.7 Å². The largest absolute Gasteiger partial charge is 0.490 e. The first-order chi connectivity index (χ1) is 15.3. The molecule has 0 radical (unpaired) electrons. The van der Waals surface area contributed by atoms with Gasteiger partial charge in [0.25, 0.3) is 0 Å². The van der Waals surface area contributed by atoms with Gasteiger partial charge in [-0.05, 0) is 68.6 Å². The van der Waals surface area contributed by atoms with E-state index in [1.807, 2.05) is 0 Å². The van der Waals surface area contributed by atoms with E-state index in [9.17, 15) is 22.4 Å². The summed E-state index contributed by atoms with van der Waals surface area (Å²) in [5.74, 6) is -0.0833. The molecule has 0 aromatic heterocycles. The summed E-state index contributed by atoms with van der Waals surface area (Å²) < 4.78 is 48.2. The van der Waals surface area contributed by atoms with Gasteiger partial charge in [-0.25, -0.2) is 22.3 Å². The van der Waals surface area contributed by atoms with Crippen molar-refractivity contribution in [3.8, 4) is 5.75 Å². The summed E-state index contributed by atoms with van der Waals surface area (Å²) in [4.78, 5) is 24.1. The SMILES string of the molecule is O=C1CN(CCCCCS(=O)(=O)NC2(c3ccc(F)c(OCC4CC4)c3)CCC2)C(=O)N1. The lowest BCUT2D eigenvalue weighted by Crippen LogP contribution is -2.51. The molecule has 2 N–H and O–H groups in total. The van der Waals surface area contributed by atoms with Crippen molar-refractivity contribution >= 4 is 22.0 Å². The summed E-state index contributed by atoms with van der Waals surface area (Å²) in [7, 11) is -3.54. The number of unbranched alkanes of at least 4 members (excludes halogenated alkanes) is 2. The van der Waals surface area contributed by atoms with Crippen molar-refractivity contribution in [2.75, 3.05) is 25.4 Å². The zero-order valence-electron chi connectivity index (χ0n) is 18.1. The molecular formula is C22H30FN3O5S. The van der Waals surface area contributed by atoms with Gasteiger partial charge in [0, 0.05) is 6.54 Å². The highest BCUT2D eigenvalue weighted by Crippen LogP contribution is 2.43. The third-order valence-electron chi connectivity index (χ3n) is 6.42. The summed E-state index contributed by atoms with van der Waals surface area (Å²) in [6.07, 6.45) is 6.14. The molecule has 8 nitrogen and oxygen atoms in total. The number of halogens is 1. The van der Waals surface area contributed by atoms with Gasteiger partial charge in [-0.1, -0.05) is 12.5 Å². The van der Waals surface area contributed by atoms with Gasteiger partial charge < -0.3 is 9.64 Å². The molecule has 1 heterocycles. The van der Waals surface area contributed by atoms with Gasteiger partial charge in [0.15, 0.2) is 11.6 Å².